The van der Waals surface area contributed by atoms with Gasteiger partial charge in [0.15, 0.2) is 0 Å². The van der Waals surface area contributed by atoms with Crippen molar-refractivity contribution in [2.24, 2.45) is 0 Å². The number of rotatable bonds is 6. The van der Waals surface area contributed by atoms with Crippen LogP contribution in [0, 0.1) is 0 Å². The van der Waals surface area contributed by atoms with E-state index in [9.17, 15) is 4.79 Å². The Morgan fingerprint density at radius 2 is 1.96 bits per heavy atom. The highest BCUT2D eigenvalue weighted by Gasteiger charge is 2.21. The zero-order valence-electron chi connectivity index (χ0n) is 15.3. The lowest BCUT2D eigenvalue weighted by Gasteiger charge is -2.33. The summed E-state index contributed by atoms with van der Waals surface area (Å²) in [6.07, 6.45) is 11.0. The molecular formula is C19H25N5O2. The molecule has 2 aromatic heterocycles. The molecular weight excluding hydrogens is 330 g/mol. The van der Waals surface area contributed by atoms with Crippen LogP contribution >= 0.6 is 0 Å². The lowest BCUT2D eigenvalue weighted by molar-refractivity contribution is 0.0950. The summed E-state index contributed by atoms with van der Waals surface area (Å²) < 4.78 is 4.91. The van der Waals surface area contributed by atoms with Gasteiger partial charge in [-0.15, -0.1) is 0 Å². The van der Waals surface area contributed by atoms with Gasteiger partial charge in [0.05, 0.1) is 12.7 Å². The summed E-state index contributed by atoms with van der Waals surface area (Å²) in [5.74, 6) is 0.716. The Labute approximate surface area is 153 Å². The number of nitrogens with zero attached hydrogens (tertiary/aromatic N) is 4. The quantitative estimate of drug-likeness (QED) is 0.858. The van der Waals surface area contributed by atoms with Crippen molar-refractivity contribution in [1.29, 1.82) is 0 Å². The highest BCUT2D eigenvalue weighted by Crippen LogP contribution is 2.26. The third-order valence-electron chi connectivity index (χ3n) is 4.84. The number of carbonyl (C=O) groups excluding carboxylic acids is 1. The summed E-state index contributed by atoms with van der Waals surface area (Å²) >= 11 is 0. The fourth-order valence-corrected chi connectivity index (χ4v) is 3.34. The molecule has 26 heavy (non-hydrogen) atoms. The van der Waals surface area contributed by atoms with Gasteiger partial charge in [-0.1, -0.05) is 25.3 Å². The molecule has 0 spiro atoms. The fraction of sp³-hybridized carbons (Fsp3) is 0.474. The second kappa shape index (κ2) is 8.60. The van der Waals surface area contributed by atoms with E-state index < -0.39 is 0 Å². The Bertz CT molecular complexity index is 729. The average Bonchev–Trinajstić information content (AvgIpc) is 2.72. The molecule has 0 saturated heterocycles. The number of amides is 1. The summed E-state index contributed by atoms with van der Waals surface area (Å²) in [5.41, 5.74) is 1.40. The molecule has 0 bridgehead atoms. The molecule has 0 aromatic carbocycles. The molecule has 3 rings (SSSR count). The predicted molar refractivity (Wildman–Crippen MR) is 99.3 cm³/mol. The van der Waals surface area contributed by atoms with Crippen molar-refractivity contribution in [1.82, 2.24) is 20.3 Å². The summed E-state index contributed by atoms with van der Waals surface area (Å²) in [7, 11) is 3.59. The molecule has 0 atom stereocenters. The first-order chi connectivity index (χ1) is 12.7. The Morgan fingerprint density at radius 1 is 1.23 bits per heavy atom. The molecule has 1 fully saturated rings. The number of methoxy groups -OCH3 is 1. The molecule has 1 aliphatic carbocycles. The van der Waals surface area contributed by atoms with Gasteiger partial charge in [0.1, 0.15) is 5.82 Å². The van der Waals surface area contributed by atoms with Crippen LogP contribution in [0.5, 0.6) is 6.01 Å². The lowest BCUT2D eigenvalue weighted by atomic mass is 9.94. The molecule has 138 valence electrons. The Hall–Kier alpha value is -2.70. The minimum Gasteiger partial charge on any atom is -0.467 e. The van der Waals surface area contributed by atoms with Crippen molar-refractivity contribution in [3.63, 3.8) is 0 Å². The minimum atomic E-state index is -0.220. The lowest BCUT2D eigenvalue weighted by Crippen LogP contribution is -2.35. The molecule has 0 aliphatic heterocycles. The Kier molecular flexibility index (Phi) is 5.99. The number of ether oxygens (including phenoxy) is 1. The Morgan fingerprint density at radius 3 is 2.65 bits per heavy atom. The van der Waals surface area contributed by atoms with Crippen LogP contribution in [0.15, 0.2) is 30.7 Å². The van der Waals surface area contributed by atoms with Crippen LogP contribution < -0.4 is 15.0 Å². The van der Waals surface area contributed by atoms with Gasteiger partial charge in [-0.05, 0) is 18.9 Å². The van der Waals surface area contributed by atoms with Crippen molar-refractivity contribution in [2.45, 2.75) is 44.7 Å². The molecule has 7 heteroatoms. The summed E-state index contributed by atoms with van der Waals surface area (Å²) in [6, 6.07) is 4.66. The van der Waals surface area contributed by atoms with Crippen molar-refractivity contribution in [2.75, 3.05) is 19.1 Å². The number of hydrogen-bond donors (Lipinski definition) is 1. The maximum absolute atomic E-state index is 12.3. The van der Waals surface area contributed by atoms with E-state index in [-0.39, 0.29) is 11.9 Å². The maximum Gasteiger partial charge on any atom is 0.316 e. The predicted octanol–water partition coefficient (Wildman–Crippen LogP) is 2.58. The van der Waals surface area contributed by atoms with Crippen LogP contribution in [0.25, 0.3) is 0 Å². The summed E-state index contributed by atoms with van der Waals surface area (Å²) in [4.78, 5) is 27.1. The van der Waals surface area contributed by atoms with Crippen LogP contribution in [0.3, 0.4) is 0 Å². The van der Waals surface area contributed by atoms with E-state index in [0.29, 0.717) is 18.2 Å². The number of nitrogens with one attached hydrogen (secondary N) is 1. The molecule has 1 amide bonds. The number of carbonyl (C=O) groups is 1. The van der Waals surface area contributed by atoms with Crippen molar-refractivity contribution in [3.8, 4) is 6.01 Å². The normalized spacial score (nSPS) is 14.7. The molecule has 7 nitrogen and oxygen atoms in total. The first kappa shape index (κ1) is 18.1. The highest BCUT2D eigenvalue weighted by molar-refractivity contribution is 5.93. The third kappa shape index (κ3) is 4.28. The standard InChI is InChI=1S/C19H25N5O2/c1-24(16-8-4-3-5-9-16)17-14(7-6-10-20-17)11-21-18(25)15-12-22-19(26-2)23-13-15/h6-7,10,12-13,16H,3-5,8-9,11H2,1-2H3,(H,21,25). The SMILES string of the molecule is COc1ncc(C(=O)NCc2cccnc2N(C)C2CCCCC2)cn1. The highest BCUT2D eigenvalue weighted by atomic mass is 16.5. The van der Waals surface area contributed by atoms with Gasteiger partial charge in [0.25, 0.3) is 5.91 Å². The van der Waals surface area contributed by atoms with E-state index >= 15 is 0 Å². The molecule has 2 heterocycles. The molecule has 2 aromatic rings. The van der Waals surface area contributed by atoms with Crippen molar-refractivity contribution in [3.05, 3.63) is 41.9 Å². The zero-order chi connectivity index (χ0) is 18.4. The van der Waals surface area contributed by atoms with Crippen LogP contribution in [-0.4, -0.2) is 41.1 Å². The second-order valence-corrected chi connectivity index (χ2v) is 6.53. The van der Waals surface area contributed by atoms with E-state index in [0.717, 1.165) is 11.4 Å². The van der Waals surface area contributed by atoms with E-state index in [1.54, 1.807) is 6.20 Å². The number of hydrogen-bond acceptors (Lipinski definition) is 6. The van der Waals surface area contributed by atoms with E-state index in [2.05, 4.69) is 32.2 Å². The first-order valence-electron chi connectivity index (χ1n) is 9.00. The Balaban J connectivity index is 1.66. The minimum absolute atomic E-state index is 0.220. The van der Waals surface area contributed by atoms with Crippen molar-refractivity contribution >= 4 is 11.7 Å². The summed E-state index contributed by atoms with van der Waals surface area (Å²) in [5, 5.41) is 2.92. The average molecular weight is 355 g/mol. The fourth-order valence-electron chi connectivity index (χ4n) is 3.34. The van der Waals surface area contributed by atoms with Crippen LogP contribution in [-0.2, 0) is 6.54 Å². The van der Waals surface area contributed by atoms with Gasteiger partial charge in [-0.25, -0.2) is 15.0 Å². The molecule has 1 saturated carbocycles. The molecule has 1 N–H and O–H groups in total. The molecule has 0 radical (unpaired) electrons. The van der Waals surface area contributed by atoms with Gasteiger partial charge >= 0.3 is 6.01 Å². The molecule has 0 unspecified atom stereocenters. The third-order valence-corrected chi connectivity index (χ3v) is 4.84. The zero-order valence-corrected chi connectivity index (χ0v) is 15.3. The van der Waals surface area contributed by atoms with E-state index in [1.165, 1.54) is 51.6 Å². The number of aromatic nitrogens is 3. The number of pyridine rings is 1. The van der Waals surface area contributed by atoms with Gasteiger partial charge in [0.2, 0.25) is 0 Å². The topological polar surface area (TPSA) is 80.2 Å². The van der Waals surface area contributed by atoms with Gasteiger partial charge in [0, 0.05) is 43.8 Å². The maximum atomic E-state index is 12.3. The van der Waals surface area contributed by atoms with Gasteiger partial charge < -0.3 is 15.0 Å². The van der Waals surface area contributed by atoms with Crippen LogP contribution in [0.4, 0.5) is 5.82 Å². The number of anilines is 1. The van der Waals surface area contributed by atoms with Gasteiger partial charge in [-0.3, -0.25) is 4.79 Å². The monoisotopic (exact) mass is 355 g/mol. The largest absolute Gasteiger partial charge is 0.467 e. The first-order valence-corrected chi connectivity index (χ1v) is 9.00. The van der Waals surface area contributed by atoms with E-state index in [4.69, 9.17) is 4.74 Å². The van der Waals surface area contributed by atoms with Crippen LogP contribution in [0.1, 0.15) is 48.0 Å². The molecule has 1 aliphatic rings. The van der Waals surface area contributed by atoms with Crippen molar-refractivity contribution < 1.29 is 9.53 Å². The second-order valence-electron chi connectivity index (χ2n) is 6.53. The van der Waals surface area contributed by atoms with E-state index in [1.807, 2.05) is 12.1 Å². The smallest absolute Gasteiger partial charge is 0.316 e. The summed E-state index contributed by atoms with van der Waals surface area (Å²) in [6.45, 7) is 0.408. The van der Waals surface area contributed by atoms with Gasteiger partial charge in [-0.2, -0.15) is 0 Å². The van der Waals surface area contributed by atoms with Crippen LogP contribution in [0.2, 0.25) is 0 Å².